The summed E-state index contributed by atoms with van der Waals surface area (Å²) in [4.78, 5) is 21.0. The Bertz CT molecular complexity index is 729. The van der Waals surface area contributed by atoms with E-state index in [1.807, 2.05) is 18.2 Å². The smallest absolute Gasteiger partial charge is 0.234 e. The topological polar surface area (TPSA) is 48.5 Å². The normalized spacial score (nSPS) is 15.6. The van der Waals surface area contributed by atoms with Crippen LogP contribution in [0.1, 0.15) is 5.69 Å². The number of aromatic nitrogens is 1. The largest absolute Gasteiger partial charge is 0.344 e. The molecule has 1 fully saturated rings. The van der Waals surface area contributed by atoms with Gasteiger partial charge in [0.1, 0.15) is 5.01 Å². The van der Waals surface area contributed by atoms with Crippen LogP contribution in [0.25, 0.3) is 10.6 Å². The minimum Gasteiger partial charge on any atom is -0.344 e. The molecule has 0 saturated carbocycles. The third-order valence-electron chi connectivity index (χ3n) is 4.18. The van der Waals surface area contributed by atoms with Crippen molar-refractivity contribution >= 4 is 17.2 Å². The van der Waals surface area contributed by atoms with Gasteiger partial charge in [-0.3, -0.25) is 14.6 Å². The van der Waals surface area contributed by atoms with Crippen LogP contribution in [0.3, 0.4) is 0 Å². The van der Waals surface area contributed by atoms with E-state index in [4.69, 9.17) is 11.4 Å². The van der Waals surface area contributed by atoms with Gasteiger partial charge in [0, 0.05) is 43.7 Å². The van der Waals surface area contributed by atoms with Crippen molar-refractivity contribution in [2.75, 3.05) is 39.3 Å². The second kappa shape index (κ2) is 8.77. The number of carbonyl (C=O) groups excluding carboxylic acids is 1. The van der Waals surface area contributed by atoms with E-state index in [1.54, 1.807) is 11.3 Å². The molecule has 1 amide bonds. The summed E-state index contributed by atoms with van der Waals surface area (Å²) in [7, 11) is 0. The average Bonchev–Trinajstić information content (AvgIpc) is 3.11. The molecule has 0 unspecified atom stereocenters. The van der Waals surface area contributed by atoms with Crippen LogP contribution in [0, 0.1) is 12.3 Å². The Morgan fingerprint density at radius 3 is 2.64 bits per heavy atom. The lowest BCUT2D eigenvalue weighted by Gasteiger charge is -2.33. The number of carbonyl (C=O) groups is 1. The first-order valence-electron chi connectivity index (χ1n) is 8.39. The van der Waals surface area contributed by atoms with Gasteiger partial charge >= 0.3 is 0 Å². The summed E-state index contributed by atoms with van der Waals surface area (Å²) in [5.74, 6) is 2.42. The number of piperazine rings is 1. The molecule has 0 radical (unpaired) electrons. The van der Waals surface area contributed by atoms with E-state index < -0.39 is 0 Å². The first-order valence-corrected chi connectivity index (χ1v) is 9.27. The van der Waals surface area contributed by atoms with Crippen LogP contribution in [-0.4, -0.2) is 60.0 Å². The fraction of sp³-hybridized carbons (Fsp3) is 0.368. The van der Waals surface area contributed by atoms with Crippen molar-refractivity contribution in [1.82, 2.24) is 20.1 Å². The quantitative estimate of drug-likeness (QED) is 0.802. The van der Waals surface area contributed by atoms with Gasteiger partial charge in [0.05, 0.1) is 18.8 Å². The van der Waals surface area contributed by atoms with Crippen molar-refractivity contribution in [3.05, 3.63) is 41.4 Å². The van der Waals surface area contributed by atoms with Crippen molar-refractivity contribution in [3.63, 3.8) is 0 Å². The van der Waals surface area contributed by atoms with Crippen molar-refractivity contribution in [2.45, 2.75) is 6.54 Å². The molecule has 1 N–H and O–H groups in total. The monoisotopic (exact) mass is 354 g/mol. The predicted molar refractivity (Wildman–Crippen MR) is 101 cm³/mol. The number of nitrogens with one attached hydrogen (secondary N) is 1. The molecular formula is C19H22N4OS. The average molecular weight is 354 g/mol. The van der Waals surface area contributed by atoms with Crippen molar-refractivity contribution in [3.8, 4) is 22.9 Å². The van der Waals surface area contributed by atoms with Crippen LogP contribution in [0.2, 0.25) is 0 Å². The Balaban J connectivity index is 1.46. The first-order chi connectivity index (χ1) is 12.2. The molecule has 0 spiro atoms. The molecule has 1 aromatic heterocycles. The fourth-order valence-electron chi connectivity index (χ4n) is 2.84. The predicted octanol–water partition coefficient (Wildman–Crippen LogP) is 1.68. The lowest BCUT2D eigenvalue weighted by Crippen LogP contribution is -2.49. The number of hydrogen-bond donors (Lipinski definition) is 1. The maximum absolute atomic E-state index is 11.7. The van der Waals surface area contributed by atoms with Gasteiger partial charge in [-0.05, 0) is 0 Å². The summed E-state index contributed by atoms with van der Waals surface area (Å²) in [5.41, 5.74) is 2.28. The van der Waals surface area contributed by atoms with Gasteiger partial charge in [0.15, 0.2) is 0 Å². The Labute approximate surface area is 152 Å². The summed E-state index contributed by atoms with van der Waals surface area (Å²) < 4.78 is 0. The molecule has 1 aromatic carbocycles. The van der Waals surface area contributed by atoms with E-state index in [9.17, 15) is 4.79 Å². The number of rotatable bonds is 6. The van der Waals surface area contributed by atoms with Crippen LogP contribution in [-0.2, 0) is 11.3 Å². The molecule has 2 aromatic rings. The number of hydrogen-bond acceptors (Lipinski definition) is 5. The Kier molecular flexibility index (Phi) is 6.18. The van der Waals surface area contributed by atoms with Crippen LogP contribution in [0.5, 0.6) is 0 Å². The third-order valence-corrected chi connectivity index (χ3v) is 5.12. The summed E-state index contributed by atoms with van der Waals surface area (Å²) in [6.45, 7) is 5.25. The first kappa shape index (κ1) is 17.6. The highest BCUT2D eigenvalue weighted by atomic mass is 32.1. The molecule has 0 aliphatic carbocycles. The van der Waals surface area contributed by atoms with Crippen molar-refractivity contribution in [2.24, 2.45) is 0 Å². The summed E-state index contributed by atoms with van der Waals surface area (Å²) in [6, 6.07) is 10.3. The van der Waals surface area contributed by atoms with Crippen LogP contribution < -0.4 is 5.32 Å². The number of nitrogens with zero attached hydrogens (tertiary/aromatic N) is 3. The number of benzene rings is 1. The third kappa shape index (κ3) is 5.13. The maximum Gasteiger partial charge on any atom is 0.234 e. The van der Waals surface area contributed by atoms with Gasteiger partial charge in [0.2, 0.25) is 5.91 Å². The highest BCUT2D eigenvalue weighted by molar-refractivity contribution is 7.13. The fourth-order valence-corrected chi connectivity index (χ4v) is 3.65. The zero-order valence-corrected chi connectivity index (χ0v) is 15.0. The molecule has 1 aliphatic heterocycles. The number of terminal acetylenes is 1. The van der Waals surface area contributed by atoms with E-state index in [0.717, 1.165) is 43.4 Å². The molecule has 3 rings (SSSR count). The maximum atomic E-state index is 11.7. The number of thiazole rings is 1. The summed E-state index contributed by atoms with van der Waals surface area (Å²) in [6.07, 6.45) is 5.15. The van der Waals surface area contributed by atoms with E-state index in [0.29, 0.717) is 13.1 Å². The van der Waals surface area contributed by atoms with E-state index >= 15 is 0 Å². The molecule has 0 atom stereocenters. The van der Waals surface area contributed by atoms with E-state index in [2.05, 4.69) is 38.5 Å². The van der Waals surface area contributed by atoms with Gasteiger partial charge in [-0.25, -0.2) is 4.98 Å². The number of amides is 1. The van der Waals surface area contributed by atoms with Crippen LogP contribution >= 0.6 is 11.3 Å². The van der Waals surface area contributed by atoms with Gasteiger partial charge in [-0.1, -0.05) is 36.3 Å². The molecule has 1 aliphatic rings. The minimum absolute atomic E-state index is 0.00148. The van der Waals surface area contributed by atoms with Gasteiger partial charge in [0.25, 0.3) is 0 Å². The Morgan fingerprint density at radius 1 is 1.20 bits per heavy atom. The molecular weight excluding hydrogens is 332 g/mol. The summed E-state index contributed by atoms with van der Waals surface area (Å²) in [5, 5.41) is 5.92. The van der Waals surface area contributed by atoms with Crippen molar-refractivity contribution in [1.29, 1.82) is 0 Å². The molecule has 6 heteroatoms. The van der Waals surface area contributed by atoms with Crippen molar-refractivity contribution < 1.29 is 4.79 Å². The zero-order chi connectivity index (χ0) is 17.5. The van der Waals surface area contributed by atoms with Gasteiger partial charge in [-0.15, -0.1) is 17.8 Å². The lowest BCUT2D eigenvalue weighted by atomic mass is 10.2. The molecule has 130 valence electrons. The second-order valence-corrected chi connectivity index (χ2v) is 6.90. The Morgan fingerprint density at radius 2 is 1.92 bits per heavy atom. The van der Waals surface area contributed by atoms with Gasteiger partial charge in [-0.2, -0.15) is 0 Å². The summed E-state index contributed by atoms with van der Waals surface area (Å²) >= 11 is 1.69. The highest BCUT2D eigenvalue weighted by Gasteiger charge is 2.19. The zero-order valence-electron chi connectivity index (χ0n) is 14.1. The molecule has 5 nitrogen and oxygen atoms in total. The molecule has 2 heterocycles. The van der Waals surface area contributed by atoms with E-state index in [1.165, 1.54) is 5.56 Å². The van der Waals surface area contributed by atoms with Crippen LogP contribution in [0.15, 0.2) is 35.7 Å². The molecule has 1 saturated heterocycles. The highest BCUT2D eigenvalue weighted by Crippen LogP contribution is 2.24. The molecule has 0 bridgehead atoms. The van der Waals surface area contributed by atoms with Gasteiger partial charge < -0.3 is 5.32 Å². The SMILES string of the molecule is C#CCNC(=O)CN1CCN(Cc2csc(-c3ccccc3)n2)CC1. The lowest BCUT2D eigenvalue weighted by molar-refractivity contribution is -0.122. The standard InChI is InChI=1S/C19H22N4OS/c1-2-8-20-18(24)14-23-11-9-22(10-12-23)13-17-15-25-19(21-17)16-6-4-3-5-7-16/h1,3-7,15H,8-14H2,(H,20,24). The van der Waals surface area contributed by atoms with Crippen LogP contribution in [0.4, 0.5) is 0 Å². The minimum atomic E-state index is -0.00148. The Hall–Kier alpha value is -2.20. The van der Waals surface area contributed by atoms with E-state index in [-0.39, 0.29) is 5.91 Å². The molecule has 25 heavy (non-hydrogen) atoms. The second-order valence-electron chi connectivity index (χ2n) is 6.04.